The van der Waals surface area contributed by atoms with Crippen molar-refractivity contribution < 1.29 is 18.0 Å². The van der Waals surface area contributed by atoms with Crippen molar-refractivity contribution in [2.45, 2.75) is 6.18 Å². The van der Waals surface area contributed by atoms with E-state index in [1.54, 1.807) is 12.1 Å². The van der Waals surface area contributed by atoms with Crippen LogP contribution in [0.2, 0.25) is 0 Å². The summed E-state index contributed by atoms with van der Waals surface area (Å²) in [4.78, 5) is 12.5. The van der Waals surface area contributed by atoms with Gasteiger partial charge in [0.2, 0.25) is 0 Å². The highest BCUT2D eigenvalue weighted by atomic mass is 19.4. The van der Waals surface area contributed by atoms with Gasteiger partial charge in [-0.2, -0.15) is 13.2 Å². The normalized spacial score (nSPS) is 12.9. The molecule has 0 amide bonds. The second-order valence-corrected chi connectivity index (χ2v) is 5.71. The number of hydrogen-bond acceptors (Lipinski definition) is 1. The molecule has 0 aliphatic heterocycles. The number of ketones is 1. The van der Waals surface area contributed by atoms with Gasteiger partial charge >= 0.3 is 6.18 Å². The maximum atomic E-state index is 12.7. The van der Waals surface area contributed by atoms with Gasteiger partial charge < -0.3 is 0 Å². The molecule has 1 aliphatic carbocycles. The van der Waals surface area contributed by atoms with Crippen LogP contribution in [0.1, 0.15) is 21.5 Å². The number of rotatable bonds is 1. The average Bonchev–Trinajstić information content (AvgIpc) is 2.87. The maximum Gasteiger partial charge on any atom is 0.416 e. The van der Waals surface area contributed by atoms with Gasteiger partial charge in [-0.15, -0.1) is 0 Å². The Bertz CT molecular complexity index is 953. The Kier molecular flexibility index (Phi) is 3.10. The van der Waals surface area contributed by atoms with Crippen LogP contribution in [0.4, 0.5) is 13.2 Å². The van der Waals surface area contributed by atoms with Crippen molar-refractivity contribution in [2.24, 2.45) is 0 Å². The van der Waals surface area contributed by atoms with Crippen LogP contribution >= 0.6 is 0 Å². The Hall–Kier alpha value is -2.88. The highest BCUT2D eigenvalue weighted by Crippen LogP contribution is 2.38. The van der Waals surface area contributed by atoms with Crippen LogP contribution in [0.25, 0.3) is 22.3 Å². The Morgan fingerprint density at radius 2 is 1.21 bits per heavy atom. The summed E-state index contributed by atoms with van der Waals surface area (Å²) in [6, 6.07) is 17.8. The van der Waals surface area contributed by atoms with Crippen LogP contribution in [0, 0.1) is 0 Å². The van der Waals surface area contributed by atoms with E-state index in [9.17, 15) is 18.0 Å². The summed E-state index contributed by atoms with van der Waals surface area (Å²) in [7, 11) is 0. The lowest BCUT2D eigenvalue weighted by Crippen LogP contribution is -2.04. The van der Waals surface area contributed by atoms with Gasteiger partial charge in [-0.25, -0.2) is 0 Å². The predicted molar refractivity (Wildman–Crippen MR) is 85.7 cm³/mol. The summed E-state index contributed by atoms with van der Waals surface area (Å²) in [5.74, 6) is -0.0469. The van der Waals surface area contributed by atoms with E-state index >= 15 is 0 Å². The molecule has 24 heavy (non-hydrogen) atoms. The SMILES string of the molecule is O=C1c2ccccc2-c2ccc(-c3ccc(C(F)(F)F)cc3)cc21. The first kappa shape index (κ1) is 14.7. The van der Waals surface area contributed by atoms with E-state index < -0.39 is 11.7 Å². The van der Waals surface area contributed by atoms with E-state index in [0.29, 0.717) is 16.7 Å². The number of alkyl halides is 3. The second-order valence-electron chi connectivity index (χ2n) is 5.71. The topological polar surface area (TPSA) is 17.1 Å². The predicted octanol–water partition coefficient (Wildman–Crippen LogP) is 5.58. The summed E-state index contributed by atoms with van der Waals surface area (Å²) in [5.41, 5.74) is 3.71. The molecule has 4 heteroatoms. The standard InChI is InChI=1S/C20H11F3O/c21-20(22,23)14-8-5-12(6-9-14)13-7-10-16-15-3-1-2-4-17(15)19(24)18(16)11-13/h1-11H. The molecule has 4 rings (SSSR count). The van der Waals surface area contributed by atoms with E-state index in [2.05, 4.69) is 0 Å². The van der Waals surface area contributed by atoms with Crippen molar-refractivity contribution >= 4 is 5.78 Å². The monoisotopic (exact) mass is 324 g/mol. The highest BCUT2D eigenvalue weighted by molar-refractivity contribution is 6.22. The van der Waals surface area contributed by atoms with Gasteiger partial charge in [0, 0.05) is 11.1 Å². The third-order valence-electron chi connectivity index (χ3n) is 4.27. The van der Waals surface area contributed by atoms with Crippen LogP contribution in [-0.2, 0) is 6.18 Å². The van der Waals surface area contributed by atoms with Crippen LogP contribution in [0.15, 0.2) is 66.7 Å². The maximum absolute atomic E-state index is 12.7. The summed E-state index contributed by atoms with van der Waals surface area (Å²) in [5, 5.41) is 0. The van der Waals surface area contributed by atoms with Crippen molar-refractivity contribution in [3.63, 3.8) is 0 Å². The zero-order valence-corrected chi connectivity index (χ0v) is 12.4. The minimum atomic E-state index is -4.35. The molecule has 0 N–H and O–H groups in total. The molecule has 0 radical (unpaired) electrons. The first-order valence-electron chi connectivity index (χ1n) is 7.41. The van der Waals surface area contributed by atoms with E-state index in [-0.39, 0.29) is 5.78 Å². The third-order valence-corrected chi connectivity index (χ3v) is 4.27. The van der Waals surface area contributed by atoms with Crippen LogP contribution in [0.3, 0.4) is 0 Å². The van der Waals surface area contributed by atoms with Crippen molar-refractivity contribution in [3.05, 3.63) is 83.4 Å². The van der Waals surface area contributed by atoms with Crippen LogP contribution < -0.4 is 0 Å². The Balaban J connectivity index is 1.77. The molecule has 0 aromatic heterocycles. The Labute approximate surface area is 136 Å². The molecule has 0 unspecified atom stereocenters. The minimum absolute atomic E-state index is 0.0469. The fourth-order valence-corrected chi connectivity index (χ4v) is 3.06. The summed E-state index contributed by atoms with van der Waals surface area (Å²) in [6.45, 7) is 0. The fraction of sp³-hybridized carbons (Fsp3) is 0.0500. The Morgan fingerprint density at radius 3 is 1.88 bits per heavy atom. The summed E-state index contributed by atoms with van der Waals surface area (Å²) in [6.07, 6.45) is -4.35. The molecule has 0 heterocycles. The third kappa shape index (κ3) is 2.22. The number of fused-ring (bicyclic) bond motifs is 3. The molecule has 0 saturated heterocycles. The number of hydrogen-bond donors (Lipinski definition) is 0. The second kappa shape index (κ2) is 5.06. The lowest BCUT2D eigenvalue weighted by molar-refractivity contribution is -0.137. The molecule has 0 bridgehead atoms. The minimum Gasteiger partial charge on any atom is -0.289 e. The molecule has 0 atom stereocenters. The van der Waals surface area contributed by atoms with E-state index in [0.717, 1.165) is 28.8 Å². The van der Waals surface area contributed by atoms with Gasteiger partial charge in [-0.05, 0) is 40.5 Å². The quantitative estimate of drug-likeness (QED) is 0.446. The number of carbonyl (C=O) groups is 1. The van der Waals surface area contributed by atoms with Crippen LogP contribution in [0.5, 0.6) is 0 Å². The first-order chi connectivity index (χ1) is 11.4. The van der Waals surface area contributed by atoms with E-state index in [1.807, 2.05) is 30.3 Å². The van der Waals surface area contributed by atoms with Crippen molar-refractivity contribution in [3.8, 4) is 22.3 Å². The van der Waals surface area contributed by atoms with Gasteiger partial charge in [-0.1, -0.05) is 48.5 Å². The lowest BCUT2D eigenvalue weighted by atomic mass is 9.98. The fourth-order valence-electron chi connectivity index (χ4n) is 3.06. The molecule has 118 valence electrons. The summed E-state index contributed by atoms with van der Waals surface area (Å²) < 4.78 is 38.0. The molecular weight excluding hydrogens is 313 g/mol. The molecule has 1 aliphatic rings. The number of halogens is 3. The molecule has 0 spiro atoms. The average molecular weight is 324 g/mol. The van der Waals surface area contributed by atoms with Gasteiger partial charge in [0.15, 0.2) is 5.78 Å². The van der Waals surface area contributed by atoms with E-state index in [4.69, 9.17) is 0 Å². The Morgan fingerprint density at radius 1 is 0.625 bits per heavy atom. The number of benzene rings is 3. The molecular formula is C20H11F3O. The summed E-state index contributed by atoms with van der Waals surface area (Å²) >= 11 is 0. The molecule has 3 aromatic carbocycles. The molecule has 1 nitrogen and oxygen atoms in total. The van der Waals surface area contributed by atoms with Crippen LogP contribution in [-0.4, -0.2) is 5.78 Å². The van der Waals surface area contributed by atoms with Gasteiger partial charge in [0.05, 0.1) is 5.56 Å². The smallest absolute Gasteiger partial charge is 0.289 e. The van der Waals surface area contributed by atoms with Gasteiger partial charge in [-0.3, -0.25) is 4.79 Å². The lowest BCUT2D eigenvalue weighted by Gasteiger charge is -2.09. The van der Waals surface area contributed by atoms with Gasteiger partial charge in [0.25, 0.3) is 0 Å². The zero-order chi connectivity index (χ0) is 16.9. The largest absolute Gasteiger partial charge is 0.416 e. The molecule has 3 aromatic rings. The van der Waals surface area contributed by atoms with Crippen molar-refractivity contribution in [1.29, 1.82) is 0 Å². The molecule has 0 fully saturated rings. The van der Waals surface area contributed by atoms with Crippen molar-refractivity contribution in [2.75, 3.05) is 0 Å². The highest BCUT2D eigenvalue weighted by Gasteiger charge is 2.30. The van der Waals surface area contributed by atoms with E-state index in [1.165, 1.54) is 12.1 Å². The number of carbonyl (C=O) groups excluding carboxylic acids is 1. The molecule has 0 saturated carbocycles. The zero-order valence-electron chi connectivity index (χ0n) is 12.4. The van der Waals surface area contributed by atoms with Crippen molar-refractivity contribution in [1.82, 2.24) is 0 Å². The van der Waals surface area contributed by atoms with Gasteiger partial charge in [0.1, 0.15) is 0 Å². The first-order valence-corrected chi connectivity index (χ1v) is 7.41.